The number of carbonyl (C=O) groups is 1. The molecule has 0 aliphatic carbocycles. The Bertz CT molecular complexity index is 363. The predicted molar refractivity (Wildman–Crippen MR) is 52.4 cm³/mol. The van der Waals surface area contributed by atoms with Gasteiger partial charge in [-0.3, -0.25) is 4.79 Å². The molecule has 1 aromatic rings. The van der Waals surface area contributed by atoms with Crippen molar-refractivity contribution in [3.63, 3.8) is 0 Å². The van der Waals surface area contributed by atoms with E-state index in [1.807, 2.05) is 0 Å². The lowest BCUT2D eigenvalue weighted by molar-refractivity contribution is 0.0958. The van der Waals surface area contributed by atoms with E-state index in [4.69, 9.17) is 0 Å². The Morgan fingerprint density at radius 1 is 1.50 bits per heavy atom. The molecule has 0 aliphatic rings. The van der Waals surface area contributed by atoms with Crippen LogP contribution in [-0.4, -0.2) is 12.5 Å². The Balaban J connectivity index is 2.60. The van der Waals surface area contributed by atoms with E-state index in [2.05, 4.69) is 17.6 Å². The van der Waals surface area contributed by atoms with Gasteiger partial charge in [0.2, 0.25) is 0 Å². The van der Waals surface area contributed by atoms with E-state index in [0.29, 0.717) is 12.1 Å². The highest BCUT2D eigenvalue weighted by Crippen LogP contribution is 2.01. The number of hydrogen-bond donors (Lipinski definition) is 1. The van der Waals surface area contributed by atoms with E-state index in [0.717, 1.165) is 0 Å². The third-order valence-corrected chi connectivity index (χ3v) is 1.62. The molecule has 0 atom stereocenters. The number of hydrogen-bond acceptors (Lipinski definition) is 1. The van der Waals surface area contributed by atoms with Crippen LogP contribution in [0.4, 0.5) is 4.39 Å². The highest BCUT2D eigenvalue weighted by molar-refractivity contribution is 5.94. The zero-order valence-corrected chi connectivity index (χ0v) is 7.59. The van der Waals surface area contributed by atoms with Crippen LogP contribution in [0.15, 0.2) is 42.7 Å². The minimum Gasteiger partial charge on any atom is -0.348 e. The molecule has 1 rings (SSSR count). The fraction of sp³-hybridized carbons (Fsp3) is 0.0909. The first kappa shape index (κ1) is 10.2. The number of halogens is 1. The number of amides is 1. The van der Waals surface area contributed by atoms with Gasteiger partial charge in [-0.05, 0) is 30.3 Å². The SMILES string of the molecule is C=C=CCNC(=O)c1ccc(F)cc1. The highest BCUT2D eigenvalue weighted by atomic mass is 19.1. The molecule has 0 fully saturated rings. The molecule has 0 aliphatic heterocycles. The molecule has 0 heterocycles. The zero-order valence-electron chi connectivity index (χ0n) is 7.59. The summed E-state index contributed by atoms with van der Waals surface area (Å²) in [4.78, 5) is 11.3. The Kier molecular flexibility index (Phi) is 3.65. The minimum atomic E-state index is -0.354. The van der Waals surface area contributed by atoms with E-state index >= 15 is 0 Å². The van der Waals surface area contributed by atoms with Gasteiger partial charge in [0.15, 0.2) is 0 Å². The van der Waals surface area contributed by atoms with Gasteiger partial charge in [0, 0.05) is 12.1 Å². The van der Waals surface area contributed by atoms with Gasteiger partial charge in [0.25, 0.3) is 5.91 Å². The van der Waals surface area contributed by atoms with Gasteiger partial charge in [-0.2, -0.15) is 0 Å². The standard InChI is InChI=1S/C11H10FNO/c1-2-3-8-13-11(14)9-4-6-10(12)7-5-9/h3-7H,1,8H2,(H,13,14). The molecule has 0 aromatic heterocycles. The largest absolute Gasteiger partial charge is 0.348 e. The van der Waals surface area contributed by atoms with Gasteiger partial charge in [-0.15, -0.1) is 5.73 Å². The average molecular weight is 191 g/mol. The van der Waals surface area contributed by atoms with Crippen LogP contribution < -0.4 is 5.32 Å². The zero-order chi connectivity index (χ0) is 10.4. The Morgan fingerprint density at radius 3 is 2.71 bits per heavy atom. The van der Waals surface area contributed by atoms with Crippen molar-refractivity contribution in [1.29, 1.82) is 0 Å². The van der Waals surface area contributed by atoms with Crippen LogP contribution in [0.2, 0.25) is 0 Å². The summed E-state index contributed by atoms with van der Waals surface area (Å²) < 4.78 is 12.5. The molecule has 1 N–H and O–H groups in total. The molecule has 1 amide bonds. The second-order valence-electron chi connectivity index (χ2n) is 2.63. The maximum Gasteiger partial charge on any atom is 0.251 e. The lowest BCUT2D eigenvalue weighted by Crippen LogP contribution is -2.23. The van der Waals surface area contributed by atoms with Crippen molar-refractivity contribution < 1.29 is 9.18 Å². The summed E-state index contributed by atoms with van der Waals surface area (Å²) in [6, 6.07) is 5.36. The summed E-state index contributed by atoms with van der Waals surface area (Å²) in [7, 11) is 0. The van der Waals surface area contributed by atoms with Gasteiger partial charge >= 0.3 is 0 Å². The number of carbonyl (C=O) groups excluding carboxylic acids is 1. The first-order valence-corrected chi connectivity index (χ1v) is 4.12. The monoisotopic (exact) mass is 191 g/mol. The molecule has 0 saturated heterocycles. The van der Waals surface area contributed by atoms with Crippen molar-refractivity contribution in [2.24, 2.45) is 0 Å². The van der Waals surface area contributed by atoms with Gasteiger partial charge in [0.05, 0.1) is 0 Å². The van der Waals surface area contributed by atoms with Crippen LogP contribution in [0.25, 0.3) is 0 Å². The normalized spacial score (nSPS) is 8.93. The van der Waals surface area contributed by atoms with Crippen molar-refractivity contribution in [3.8, 4) is 0 Å². The fourth-order valence-electron chi connectivity index (χ4n) is 0.919. The molecule has 0 radical (unpaired) electrons. The van der Waals surface area contributed by atoms with Crippen molar-refractivity contribution in [3.05, 3.63) is 54.0 Å². The lowest BCUT2D eigenvalue weighted by Gasteiger charge is -2.00. The van der Waals surface area contributed by atoms with E-state index in [1.165, 1.54) is 24.3 Å². The van der Waals surface area contributed by atoms with Crippen molar-refractivity contribution in [1.82, 2.24) is 5.32 Å². The highest BCUT2D eigenvalue weighted by Gasteiger charge is 2.02. The third-order valence-electron chi connectivity index (χ3n) is 1.62. The lowest BCUT2D eigenvalue weighted by atomic mass is 10.2. The number of nitrogens with one attached hydrogen (secondary N) is 1. The van der Waals surface area contributed by atoms with Crippen LogP contribution in [0.5, 0.6) is 0 Å². The van der Waals surface area contributed by atoms with Crippen LogP contribution in [0.1, 0.15) is 10.4 Å². The molecule has 1 aromatic carbocycles. The number of rotatable bonds is 3. The Morgan fingerprint density at radius 2 is 2.14 bits per heavy atom. The van der Waals surface area contributed by atoms with Gasteiger partial charge in [0.1, 0.15) is 5.82 Å². The summed E-state index contributed by atoms with van der Waals surface area (Å²) in [6.45, 7) is 3.74. The maximum absolute atomic E-state index is 12.5. The van der Waals surface area contributed by atoms with Crippen molar-refractivity contribution in [2.75, 3.05) is 6.54 Å². The quantitative estimate of drug-likeness (QED) is 0.726. The Labute approximate surface area is 81.8 Å². The smallest absolute Gasteiger partial charge is 0.251 e. The van der Waals surface area contributed by atoms with Gasteiger partial charge < -0.3 is 5.32 Å². The van der Waals surface area contributed by atoms with E-state index in [9.17, 15) is 9.18 Å². The molecular weight excluding hydrogens is 181 g/mol. The van der Waals surface area contributed by atoms with E-state index in [1.54, 1.807) is 6.08 Å². The first-order valence-electron chi connectivity index (χ1n) is 4.12. The summed E-state index contributed by atoms with van der Waals surface area (Å²) in [5, 5.41) is 2.60. The predicted octanol–water partition coefficient (Wildman–Crippen LogP) is 1.90. The van der Waals surface area contributed by atoms with Crippen molar-refractivity contribution >= 4 is 5.91 Å². The van der Waals surface area contributed by atoms with Crippen LogP contribution in [0.3, 0.4) is 0 Å². The van der Waals surface area contributed by atoms with E-state index in [-0.39, 0.29) is 11.7 Å². The maximum atomic E-state index is 12.5. The summed E-state index contributed by atoms with van der Waals surface area (Å²) in [5.41, 5.74) is 2.97. The van der Waals surface area contributed by atoms with Crippen molar-refractivity contribution in [2.45, 2.75) is 0 Å². The molecule has 0 bridgehead atoms. The Hall–Kier alpha value is -1.86. The topological polar surface area (TPSA) is 29.1 Å². The summed E-state index contributed by atoms with van der Waals surface area (Å²) in [6.07, 6.45) is 1.60. The molecule has 0 spiro atoms. The molecule has 72 valence electrons. The van der Waals surface area contributed by atoms with Gasteiger partial charge in [-0.25, -0.2) is 4.39 Å². The molecule has 14 heavy (non-hydrogen) atoms. The second kappa shape index (κ2) is 5.00. The van der Waals surface area contributed by atoms with Crippen LogP contribution in [-0.2, 0) is 0 Å². The molecule has 0 unspecified atom stereocenters. The third kappa shape index (κ3) is 2.88. The van der Waals surface area contributed by atoms with Gasteiger partial charge in [-0.1, -0.05) is 6.58 Å². The summed E-state index contributed by atoms with van der Waals surface area (Å²) >= 11 is 0. The molecular formula is C11H10FNO. The summed E-state index contributed by atoms with van der Waals surface area (Å²) in [5.74, 6) is -0.593. The first-order chi connectivity index (χ1) is 6.74. The van der Waals surface area contributed by atoms with Crippen LogP contribution >= 0.6 is 0 Å². The molecule has 0 saturated carbocycles. The van der Waals surface area contributed by atoms with E-state index < -0.39 is 0 Å². The average Bonchev–Trinajstić information content (AvgIpc) is 2.19. The minimum absolute atomic E-state index is 0.239. The van der Waals surface area contributed by atoms with Crippen LogP contribution in [0, 0.1) is 5.82 Å². The number of benzene rings is 1. The fourth-order valence-corrected chi connectivity index (χ4v) is 0.919. The second-order valence-corrected chi connectivity index (χ2v) is 2.63. The molecule has 3 heteroatoms. The molecule has 2 nitrogen and oxygen atoms in total.